The number of aromatic amines is 1. The zero-order valence-corrected chi connectivity index (χ0v) is 24.3. The van der Waals surface area contributed by atoms with Gasteiger partial charge in [0, 0.05) is 28.2 Å². The van der Waals surface area contributed by atoms with E-state index in [0.717, 1.165) is 5.56 Å². The van der Waals surface area contributed by atoms with E-state index in [1.54, 1.807) is 4.98 Å². The molecule has 5 rings (SSSR count). The monoisotopic (exact) mass is 653 g/mol. The molecule has 16 heteroatoms. The quantitative estimate of drug-likeness (QED) is 0.235. The Bertz CT molecular complexity index is 1860. The number of benzene rings is 2. The average Bonchev–Trinajstić information content (AvgIpc) is 2.93. The Labute approximate surface area is 253 Å². The lowest BCUT2D eigenvalue weighted by Gasteiger charge is -2.31. The van der Waals surface area contributed by atoms with E-state index in [0.29, 0.717) is 10.2 Å². The van der Waals surface area contributed by atoms with Gasteiger partial charge in [-0.15, -0.1) is 0 Å². The summed E-state index contributed by atoms with van der Waals surface area (Å²) in [4.78, 5) is 29.8. The number of H-pyrrole nitrogens is 1. The van der Waals surface area contributed by atoms with E-state index in [9.17, 15) is 31.9 Å². The van der Waals surface area contributed by atoms with E-state index in [1.807, 2.05) is 30.3 Å². The Morgan fingerprint density at radius 3 is 2.42 bits per heavy atom. The van der Waals surface area contributed by atoms with E-state index in [4.69, 9.17) is 27.9 Å². The minimum absolute atomic E-state index is 0.00168. The van der Waals surface area contributed by atoms with Gasteiger partial charge >= 0.3 is 5.69 Å². The van der Waals surface area contributed by atoms with E-state index in [1.165, 1.54) is 24.4 Å². The third-order valence-corrected chi connectivity index (χ3v) is 8.85. The normalized spacial score (nSPS) is 16.7. The highest BCUT2D eigenvalue weighted by molar-refractivity contribution is 7.89. The van der Waals surface area contributed by atoms with Crippen LogP contribution in [-0.2, 0) is 23.1 Å². The number of ether oxygens (including phenoxy) is 1. The fraction of sp³-hybridized carbons (Fsp3) is 0.259. The second kappa shape index (κ2) is 12.5. The Morgan fingerprint density at radius 2 is 1.79 bits per heavy atom. The van der Waals surface area contributed by atoms with Crippen LogP contribution in [0.1, 0.15) is 41.8 Å². The number of rotatable bonds is 10. The van der Waals surface area contributed by atoms with Crippen molar-refractivity contribution in [3.05, 3.63) is 108 Å². The lowest BCUT2D eigenvalue weighted by molar-refractivity contribution is 0.0712. The number of halogens is 4. The Hall–Kier alpha value is -3.69. The zero-order chi connectivity index (χ0) is 30.9. The number of nitrogens with zero attached hydrogens (tertiary/aromatic N) is 3. The molecule has 0 aliphatic heterocycles. The molecule has 4 aromatic rings. The van der Waals surface area contributed by atoms with E-state index in [-0.39, 0.29) is 57.9 Å². The molecular formula is C27H23Cl2F2N5O6S. The highest BCUT2D eigenvalue weighted by Crippen LogP contribution is 2.32. The predicted octanol–water partition coefficient (Wildman–Crippen LogP) is 3.53. The average molecular weight is 654 g/mol. The molecule has 43 heavy (non-hydrogen) atoms. The molecule has 3 N–H and O–H groups in total. The summed E-state index contributed by atoms with van der Waals surface area (Å²) in [5.41, 5.74) is -2.30. The first-order valence-corrected chi connectivity index (χ1v) is 15.0. The summed E-state index contributed by atoms with van der Waals surface area (Å²) < 4.78 is 62.1. The van der Waals surface area contributed by atoms with E-state index >= 15 is 0 Å². The molecule has 0 atom stereocenters. The molecule has 0 spiro atoms. The fourth-order valence-corrected chi connectivity index (χ4v) is 6.41. The lowest BCUT2D eigenvalue weighted by atomic mass is 9.91. The standard InChI is InChI=1S/C27H23Cl2F2N5O6S/c28-20-10-17(36-27(39)33-26(38)24(34-36)25(30)31)11-21(29)19(20)8-15-9-23(43(40,41)35-16-6-18(37)7-16)22(12-32-15)42-13-14-4-2-1-3-5-14/h1-5,9-12,16,18,25,35,37H,6-8,13H2,(H,33,38,39). The van der Waals surface area contributed by atoms with Crippen molar-refractivity contribution in [2.24, 2.45) is 0 Å². The SMILES string of the molecule is O=c1[nH]c(=O)n(-c2cc(Cl)c(Cc3cc(S(=O)(=O)NC4CC(O)C4)c(OCc4ccccc4)cn3)c(Cl)c2)nc1C(F)F. The molecule has 1 aliphatic rings. The van der Waals surface area contributed by atoms with Crippen LogP contribution in [0.4, 0.5) is 8.78 Å². The first-order valence-electron chi connectivity index (χ1n) is 12.8. The van der Waals surface area contributed by atoms with Gasteiger partial charge in [-0.3, -0.25) is 14.8 Å². The Morgan fingerprint density at radius 1 is 1.12 bits per heavy atom. The van der Waals surface area contributed by atoms with Crippen LogP contribution in [0.25, 0.3) is 5.69 Å². The summed E-state index contributed by atoms with van der Waals surface area (Å²) >= 11 is 12.9. The largest absolute Gasteiger partial charge is 0.486 e. The van der Waals surface area contributed by atoms with Gasteiger partial charge in [-0.25, -0.2) is 26.7 Å². The smallest absolute Gasteiger partial charge is 0.349 e. The molecule has 2 heterocycles. The van der Waals surface area contributed by atoms with Crippen molar-refractivity contribution in [2.75, 3.05) is 0 Å². The number of pyridine rings is 1. The highest BCUT2D eigenvalue weighted by atomic mass is 35.5. The molecule has 2 aromatic heterocycles. The van der Waals surface area contributed by atoms with Crippen molar-refractivity contribution in [3.63, 3.8) is 0 Å². The van der Waals surface area contributed by atoms with Gasteiger partial charge in [-0.1, -0.05) is 53.5 Å². The number of aliphatic hydroxyl groups is 1. The van der Waals surface area contributed by atoms with E-state index in [2.05, 4.69) is 14.8 Å². The second-order valence-corrected chi connectivity index (χ2v) is 12.3. The molecule has 1 fully saturated rings. The maximum absolute atomic E-state index is 13.4. The van der Waals surface area contributed by atoms with Crippen LogP contribution >= 0.6 is 23.2 Å². The van der Waals surface area contributed by atoms with Crippen molar-refractivity contribution in [2.45, 2.75) is 49.3 Å². The minimum atomic E-state index is -4.10. The van der Waals surface area contributed by atoms with Gasteiger partial charge in [0.15, 0.2) is 11.4 Å². The van der Waals surface area contributed by atoms with Gasteiger partial charge in [-0.05, 0) is 42.2 Å². The van der Waals surface area contributed by atoms with Crippen molar-refractivity contribution in [1.29, 1.82) is 0 Å². The summed E-state index contributed by atoms with van der Waals surface area (Å²) in [6.45, 7) is 0.0804. The predicted molar refractivity (Wildman–Crippen MR) is 153 cm³/mol. The Balaban J connectivity index is 1.47. The number of hydrogen-bond acceptors (Lipinski definition) is 8. The van der Waals surface area contributed by atoms with Crippen molar-refractivity contribution in [1.82, 2.24) is 24.5 Å². The molecule has 1 aliphatic carbocycles. The Kier molecular flexibility index (Phi) is 8.94. The summed E-state index contributed by atoms with van der Waals surface area (Å²) in [5, 5.41) is 13.0. The molecule has 0 radical (unpaired) electrons. The maximum Gasteiger partial charge on any atom is 0.349 e. The number of nitrogens with one attached hydrogen (secondary N) is 2. The minimum Gasteiger partial charge on any atom is -0.486 e. The van der Waals surface area contributed by atoms with Crippen LogP contribution in [0.2, 0.25) is 10.0 Å². The summed E-state index contributed by atoms with van der Waals surface area (Å²) in [6.07, 6.45) is -2.04. The zero-order valence-electron chi connectivity index (χ0n) is 22.0. The van der Waals surface area contributed by atoms with Crippen LogP contribution in [-0.4, -0.2) is 45.4 Å². The van der Waals surface area contributed by atoms with Crippen molar-refractivity contribution < 1.29 is 27.0 Å². The topological polar surface area (TPSA) is 156 Å². The summed E-state index contributed by atoms with van der Waals surface area (Å²) in [5.74, 6) is 0.00544. The number of aromatic nitrogens is 4. The molecule has 11 nitrogen and oxygen atoms in total. The molecular weight excluding hydrogens is 631 g/mol. The third kappa shape index (κ3) is 6.94. The van der Waals surface area contributed by atoms with Gasteiger partial charge in [0.2, 0.25) is 10.0 Å². The van der Waals surface area contributed by atoms with Gasteiger partial charge in [-0.2, -0.15) is 9.78 Å². The van der Waals surface area contributed by atoms with Crippen molar-refractivity contribution in [3.8, 4) is 11.4 Å². The maximum atomic E-state index is 13.4. The van der Waals surface area contributed by atoms with Crippen LogP contribution in [0.5, 0.6) is 5.75 Å². The number of alkyl halides is 2. The molecule has 1 saturated carbocycles. The van der Waals surface area contributed by atoms with Gasteiger partial charge in [0.05, 0.1) is 18.0 Å². The highest BCUT2D eigenvalue weighted by Gasteiger charge is 2.33. The van der Waals surface area contributed by atoms with Crippen LogP contribution in [0, 0.1) is 0 Å². The van der Waals surface area contributed by atoms with Crippen LogP contribution < -0.4 is 20.7 Å². The van der Waals surface area contributed by atoms with E-state index < -0.39 is 45.5 Å². The van der Waals surface area contributed by atoms with Crippen LogP contribution in [0.15, 0.2) is 69.2 Å². The first kappa shape index (κ1) is 30.8. The second-order valence-electron chi connectivity index (χ2n) is 9.76. The molecule has 0 unspecified atom stereocenters. The van der Waals surface area contributed by atoms with Gasteiger partial charge in [0.25, 0.3) is 12.0 Å². The fourth-order valence-electron chi connectivity index (χ4n) is 4.37. The molecule has 0 bridgehead atoms. The third-order valence-electron chi connectivity index (χ3n) is 6.64. The van der Waals surface area contributed by atoms with Gasteiger partial charge in [0.1, 0.15) is 11.5 Å². The molecule has 226 valence electrons. The number of sulfonamides is 1. The van der Waals surface area contributed by atoms with Crippen LogP contribution in [0.3, 0.4) is 0 Å². The first-order chi connectivity index (χ1) is 20.4. The number of hydrogen-bond donors (Lipinski definition) is 3. The summed E-state index contributed by atoms with van der Waals surface area (Å²) in [7, 11) is -4.10. The molecule has 0 saturated heterocycles. The summed E-state index contributed by atoms with van der Waals surface area (Å²) in [6, 6.07) is 12.5. The number of aliphatic hydroxyl groups excluding tert-OH is 1. The molecule has 2 aromatic carbocycles. The van der Waals surface area contributed by atoms with Gasteiger partial charge < -0.3 is 9.84 Å². The lowest BCUT2D eigenvalue weighted by Crippen LogP contribution is -2.46. The van der Waals surface area contributed by atoms with Crippen molar-refractivity contribution >= 4 is 33.2 Å². The molecule has 0 amide bonds.